The minimum absolute atomic E-state index is 0.0709. The largest absolute Gasteiger partial charge is 0.338 e. The number of fused-ring (bicyclic) bond motifs is 1. The molecule has 2 aromatic heterocycles. The van der Waals surface area contributed by atoms with Crippen LogP contribution in [0.15, 0.2) is 61.1 Å². The Hall–Kier alpha value is -3.49. The molecule has 0 bridgehead atoms. The number of rotatable bonds is 4. The number of carbonyl (C=O) groups excluding carboxylic acids is 1. The van der Waals surface area contributed by atoms with E-state index in [1.807, 2.05) is 36.7 Å². The maximum Gasteiger partial charge on any atom is 0.271 e. The second kappa shape index (κ2) is 8.57. The summed E-state index contributed by atoms with van der Waals surface area (Å²) < 4.78 is 15.2. The van der Waals surface area contributed by atoms with Gasteiger partial charge in [-0.15, -0.1) is 0 Å². The van der Waals surface area contributed by atoms with Crippen LogP contribution < -0.4 is 15.6 Å². The van der Waals surface area contributed by atoms with Crippen LogP contribution in [0.4, 0.5) is 10.3 Å². The third kappa shape index (κ3) is 4.02. The lowest BCUT2D eigenvalue weighted by Crippen LogP contribution is -2.44. The Kier molecular flexibility index (Phi) is 5.46. The molecule has 1 saturated heterocycles. The van der Waals surface area contributed by atoms with E-state index >= 15 is 0 Å². The van der Waals surface area contributed by atoms with E-state index in [4.69, 9.17) is 11.6 Å². The van der Waals surface area contributed by atoms with Crippen LogP contribution >= 0.6 is 11.6 Å². The van der Waals surface area contributed by atoms with Crippen molar-refractivity contribution in [2.45, 2.75) is 0 Å². The number of piperazine rings is 1. The molecular formula is C23H20ClFN6O. The van der Waals surface area contributed by atoms with Crippen LogP contribution in [0.1, 0.15) is 10.4 Å². The number of aromatic nitrogens is 3. The molecule has 7 nitrogen and oxygen atoms in total. The van der Waals surface area contributed by atoms with Crippen LogP contribution in [0.5, 0.6) is 0 Å². The number of nitrogens with one attached hydrogen (secondary N) is 2. The van der Waals surface area contributed by atoms with Gasteiger partial charge in [-0.1, -0.05) is 23.7 Å². The normalized spacial score (nSPS) is 14.0. The minimum Gasteiger partial charge on any atom is -0.338 e. The van der Waals surface area contributed by atoms with Gasteiger partial charge in [0.2, 0.25) is 5.95 Å². The summed E-state index contributed by atoms with van der Waals surface area (Å²) in [5, 5.41) is 4.44. The van der Waals surface area contributed by atoms with Gasteiger partial charge in [-0.05, 0) is 35.9 Å². The Balaban J connectivity index is 1.41. The van der Waals surface area contributed by atoms with Crippen LogP contribution in [0, 0.1) is 5.82 Å². The van der Waals surface area contributed by atoms with Gasteiger partial charge in [0.15, 0.2) is 0 Å². The Morgan fingerprint density at radius 1 is 1.03 bits per heavy atom. The van der Waals surface area contributed by atoms with Crippen molar-refractivity contribution < 1.29 is 9.18 Å². The van der Waals surface area contributed by atoms with Gasteiger partial charge < -0.3 is 10.2 Å². The van der Waals surface area contributed by atoms with Gasteiger partial charge in [0.1, 0.15) is 5.82 Å². The third-order valence-electron chi connectivity index (χ3n) is 5.46. The summed E-state index contributed by atoms with van der Waals surface area (Å²) in [6.07, 6.45) is 5.36. The number of amides is 1. The van der Waals surface area contributed by atoms with E-state index < -0.39 is 11.7 Å². The lowest BCUT2D eigenvalue weighted by atomic mass is 10.1. The number of nitrogens with zero attached hydrogens (tertiary/aromatic N) is 4. The summed E-state index contributed by atoms with van der Waals surface area (Å²) in [7, 11) is 0. The first-order valence-electron chi connectivity index (χ1n) is 10.2. The number of anilines is 1. The quantitative estimate of drug-likeness (QED) is 0.496. The predicted octanol–water partition coefficient (Wildman–Crippen LogP) is 3.68. The van der Waals surface area contributed by atoms with Crippen LogP contribution in [0.2, 0.25) is 5.02 Å². The fourth-order valence-corrected chi connectivity index (χ4v) is 3.95. The molecule has 2 N–H and O–H groups in total. The van der Waals surface area contributed by atoms with Crippen molar-refractivity contribution in [3.05, 3.63) is 77.5 Å². The molecular weight excluding hydrogens is 431 g/mol. The van der Waals surface area contributed by atoms with Crippen LogP contribution in [-0.4, -0.2) is 46.7 Å². The molecule has 0 spiro atoms. The average molecular weight is 451 g/mol. The summed E-state index contributed by atoms with van der Waals surface area (Å²) in [4.78, 5) is 23.9. The first-order chi connectivity index (χ1) is 15.6. The zero-order chi connectivity index (χ0) is 22.1. The Labute approximate surface area is 188 Å². The van der Waals surface area contributed by atoms with Crippen molar-refractivity contribution in [3.63, 3.8) is 0 Å². The Bertz CT molecular complexity index is 1280. The highest BCUT2D eigenvalue weighted by Crippen LogP contribution is 2.25. The lowest BCUT2D eigenvalue weighted by Gasteiger charge is -2.27. The molecule has 1 aliphatic rings. The highest BCUT2D eigenvalue weighted by molar-refractivity contribution is 6.34. The molecule has 1 amide bonds. The molecule has 9 heteroatoms. The zero-order valence-electron chi connectivity index (χ0n) is 17.1. The Morgan fingerprint density at radius 2 is 1.81 bits per heavy atom. The van der Waals surface area contributed by atoms with E-state index in [2.05, 4.69) is 25.6 Å². The Morgan fingerprint density at radius 3 is 2.59 bits per heavy atom. The maximum atomic E-state index is 13.6. The summed E-state index contributed by atoms with van der Waals surface area (Å²) in [5.74, 6) is -0.302. The van der Waals surface area contributed by atoms with Crippen molar-refractivity contribution in [1.82, 2.24) is 20.0 Å². The van der Waals surface area contributed by atoms with Crippen molar-refractivity contribution in [1.29, 1.82) is 0 Å². The molecule has 1 fully saturated rings. The second-order valence-electron chi connectivity index (χ2n) is 7.53. The van der Waals surface area contributed by atoms with Gasteiger partial charge in [-0.25, -0.2) is 14.4 Å². The molecule has 1 aliphatic heterocycles. The highest BCUT2D eigenvalue weighted by Gasteiger charge is 2.15. The van der Waals surface area contributed by atoms with Gasteiger partial charge in [0.05, 0.1) is 16.1 Å². The number of benzene rings is 2. The molecule has 4 aromatic rings. The average Bonchev–Trinajstić information content (AvgIpc) is 3.23. The smallest absolute Gasteiger partial charge is 0.271 e. The minimum atomic E-state index is -0.525. The summed E-state index contributed by atoms with van der Waals surface area (Å²) in [5.41, 5.74) is 5.41. The fraction of sp³-hybridized carbons (Fsp3) is 0.174. The standard InChI is InChI=1S/C23H20ClFN6O/c24-20-4-3-18(25)12-19(20)22(32)29-31-8-5-15-1-2-16(11-21(15)31)17-13-27-23(28-14-17)30-9-6-26-7-10-30/h1-5,8,11-14,26H,6-7,9-10H2,(H,29,32). The summed E-state index contributed by atoms with van der Waals surface area (Å²) in [6.45, 7) is 3.61. The molecule has 0 atom stereocenters. The monoisotopic (exact) mass is 450 g/mol. The van der Waals surface area contributed by atoms with Gasteiger partial charge in [-0.3, -0.25) is 14.9 Å². The van der Waals surface area contributed by atoms with Gasteiger partial charge in [0.25, 0.3) is 5.91 Å². The maximum absolute atomic E-state index is 13.6. The van der Waals surface area contributed by atoms with E-state index in [0.717, 1.165) is 60.2 Å². The van der Waals surface area contributed by atoms with E-state index in [-0.39, 0.29) is 10.6 Å². The van der Waals surface area contributed by atoms with E-state index in [1.54, 1.807) is 10.9 Å². The van der Waals surface area contributed by atoms with Crippen LogP contribution in [0.3, 0.4) is 0 Å². The molecule has 0 saturated carbocycles. The van der Waals surface area contributed by atoms with Crippen molar-refractivity contribution in [2.24, 2.45) is 0 Å². The van der Waals surface area contributed by atoms with E-state index in [1.165, 1.54) is 12.1 Å². The first kappa shape index (κ1) is 20.4. The topological polar surface area (TPSA) is 75.1 Å². The van der Waals surface area contributed by atoms with E-state index in [0.29, 0.717) is 0 Å². The van der Waals surface area contributed by atoms with Gasteiger partial charge in [0, 0.05) is 55.7 Å². The molecule has 3 heterocycles. The molecule has 0 aliphatic carbocycles. The predicted molar refractivity (Wildman–Crippen MR) is 123 cm³/mol. The first-order valence-corrected chi connectivity index (χ1v) is 10.6. The molecule has 32 heavy (non-hydrogen) atoms. The number of hydrogen-bond donors (Lipinski definition) is 2. The number of halogens is 2. The van der Waals surface area contributed by atoms with Crippen molar-refractivity contribution >= 4 is 34.4 Å². The SMILES string of the molecule is O=C(Nn1ccc2ccc(-c3cnc(N4CCNCC4)nc3)cc21)c1cc(F)ccc1Cl. The second-order valence-corrected chi connectivity index (χ2v) is 7.94. The van der Waals surface area contributed by atoms with Gasteiger partial charge in [-0.2, -0.15) is 0 Å². The number of hydrogen-bond acceptors (Lipinski definition) is 5. The summed E-state index contributed by atoms with van der Waals surface area (Å²) in [6, 6.07) is 11.5. The van der Waals surface area contributed by atoms with Crippen LogP contribution in [-0.2, 0) is 0 Å². The molecule has 0 unspecified atom stereocenters. The molecule has 0 radical (unpaired) electrons. The van der Waals surface area contributed by atoms with Crippen molar-refractivity contribution in [3.8, 4) is 11.1 Å². The lowest BCUT2D eigenvalue weighted by molar-refractivity contribution is 0.101. The van der Waals surface area contributed by atoms with Crippen molar-refractivity contribution in [2.75, 3.05) is 36.5 Å². The molecule has 5 rings (SSSR count). The van der Waals surface area contributed by atoms with E-state index in [9.17, 15) is 9.18 Å². The fourth-order valence-electron chi connectivity index (χ4n) is 3.74. The molecule has 162 valence electrons. The summed E-state index contributed by atoms with van der Waals surface area (Å²) >= 11 is 6.07. The number of carbonyl (C=O) groups is 1. The third-order valence-corrected chi connectivity index (χ3v) is 5.79. The zero-order valence-corrected chi connectivity index (χ0v) is 17.8. The van der Waals surface area contributed by atoms with Crippen LogP contribution in [0.25, 0.3) is 22.0 Å². The highest BCUT2D eigenvalue weighted by atomic mass is 35.5. The van der Waals surface area contributed by atoms with Gasteiger partial charge >= 0.3 is 0 Å². The molecule has 2 aromatic carbocycles.